The van der Waals surface area contributed by atoms with Gasteiger partial charge in [-0.2, -0.15) is 0 Å². The third-order valence-electron chi connectivity index (χ3n) is 4.33. The maximum atomic E-state index is 11.0. The van der Waals surface area contributed by atoms with Crippen molar-refractivity contribution >= 4 is 5.97 Å². The van der Waals surface area contributed by atoms with Crippen molar-refractivity contribution in [3.05, 3.63) is 23.8 Å². The third kappa shape index (κ3) is 4.13. The number of nitrogens with zero attached hydrogens (tertiary/aromatic N) is 1. The van der Waals surface area contributed by atoms with Crippen LogP contribution < -0.4 is 9.47 Å². The van der Waals surface area contributed by atoms with E-state index in [0.717, 1.165) is 44.0 Å². The highest BCUT2D eigenvalue weighted by Gasteiger charge is 2.26. The highest BCUT2D eigenvalue weighted by molar-refractivity contribution is 5.69. The molecule has 1 aliphatic rings. The zero-order chi connectivity index (χ0) is 16.1. The monoisotopic (exact) mass is 307 g/mol. The molecule has 122 valence electrons. The minimum absolute atomic E-state index is 0.258. The summed E-state index contributed by atoms with van der Waals surface area (Å²) in [7, 11) is 3.27. The van der Waals surface area contributed by atoms with Gasteiger partial charge >= 0.3 is 5.97 Å². The first-order valence-electron chi connectivity index (χ1n) is 7.69. The average molecular weight is 307 g/mol. The zero-order valence-corrected chi connectivity index (χ0v) is 13.5. The van der Waals surface area contributed by atoms with Crippen molar-refractivity contribution in [1.29, 1.82) is 0 Å². The van der Waals surface area contributed by atoms with Gasteiger partial charge in [-0.05, 0) is 43.0 Å². The highest BCUT2D eigenvalue weighted by Crippen LogP contribution is 2.30. The number of carboxylic acids is 1. The van der Waals surface area contributed by atoms with E-state index < -0.39 is 5.97 Å². The second-order valence-electron chi connectivity index (χ2n) is 6.05. The van der Waals surface area contributed by atoms with Crippen molar-refractivity contribution < 1.29 is 19.4 Å². The van der Waals surface area contributed by atoms with Gasteiger partial charge in [0, 0.05) is 13.1 Å². The Hall–Kier alpha value is -1.75. The number of hydrogen-bond acceptors (Lipinski definition) is 4. The molecule has 0 saturated carbocycles. The number of ether oxygens (including phenoxy) is 2. The number of aliphatic carboxylic acids is 1. The van der Waals surface area contributed by atoms with Gasteiger partial charge in [0.2, 0.25) is 0 Å². The van der Waals surface area contributed by atoms with Gasteiger partial charge in [0.05, 0.1) is 20.1 Å². The fourth-order valence-electron chi connectivity index (χ4n) is 3.09. The summed E-state index contributed by atoms with van der Waals surface area (Å²) in [6, 6.07) is 5.98. The lowest BCUT2D eigenvalue weighted by Gasteiger charge is -2.18. The largest absolute Gasteiger partial charge is 0.493 e. The summed E-state index contributed by atoms with van der Waals surface area (Å²) in [5.41, 5.74) is 1.18. The van der Waals surface area contributed by atoms with E-state index in [1.165, 1.54) is 5.56 Å². The first-order valence-corrected chi connectivity index (χ1v) is 7.69. The lowest BCUT2D eigenvalue weighted by molar-refractivity contribution is -0.141. The zero-order valence-electron chi connectivity index (χ0n) is 13.5. The Morgan fingerprint density at radius 1 is 1.36 bits per heavy atom. The number of hydrogen-bond donors (Lipinski definition) is 1. The summed E-state index contributed by atoms with van der Waals surface area (Å²) in [5, 5.41) is 9.01. The standard InChI is InChI=1S/C17H25NO4/c1-12(17(19)20)8-14-6-7-18(11-14)10-13-4-5-15(21-2)16(9-13)22-3/h4-5,9,12,14H,6-8,10-11H2,1-3H3,(H,19,20). The first kappa shape index (κ1) is 16.6. The van der Waals surface area contributed by atoms with E-state index >= 15 is 0 Å². The van der Waals surface area contributed by atoms with E-state index in [1.807, 2.05) is 12.1 Å². The van der Waals surface area contributed by atoms with Gasteiger partial charge < -0.3 is 14.6 Å². The molecule has 1 aromatic carbocycles. The summed E-state index contributed by atoms with van der Waals surface area (Å²) in [6.07, 6.45) is 1.84. The fraction of sp³-hybridized carbons (Fsp3) is 0.588. The third-order valence-corrected chi connectivity index (χ3v) is 4.33. The number of likely N-dealkylation sites (tertiary alicyclic amines) is 1. The van der Waals surface area contributed by atoms with Gasteiger partial charge in [0.25, 0.3) is 0 Å². The topological polar surface area (TPSA) is 59.0 Å². The normalized spacial score (nSPS) is 19.9. The molecule has 1 saturated heterocycles. The van der Waals surface area contributed by atoms with E-state index in [9.17, 15) is 4.79 Å². The molecule has 2 atom stereocenters. The summed E-state index contributed by atoms with van der Waals surface area (Å²) in [5.74, 6) is 1.01. The Labute approximate surface area is 131 Å². The van der Waals surface area contributed by atoms with Gasteiger partial charge in [-0.15, -0.1) is 0 Å². The molecule has 1 N–H and O–H groups in total. The Kier molecular flexibility index (Phi) is 5.66. The van der Waals surface area contributed by atoms with Crippen molar-refractivity contribution in [2.75, 3.05) is 27.3 Å². The highest BCUT2D eigenvalue weighted by atomic mass is 16.5. The molecule has 1 aliphatic heterocycles. The molecule has 1 heterocycles. The van der Waals surface area contributed by atoms with Gasteiger partial charge in [0.15, 0.2) is 11.5 Å². The molecule has 0 bridgehead atoms. The molecule has 0 aromatic heterocycles. The number of methoxy groups -OCH3 is 2. The maximum absolute atomic E-state index is 11.0. The lowest BCUT2D eigenvalue weighted by atomic mass is 9.95. The molecule has 0 aliphatic carbocycles. The predicted molar refractivity (Wildman–Crippen MR) is 84.3 cm³/mol. The predicted octanol–water partition coefficient (Wildman–Crippen LogP) is 2.64. The molecule has 1 fully saturated rings. The SMILES string of the molecule is COc1ccc(CN2CCC(CC(C)C(=O)O)C2)cc1OC. The van der Waals surface area contributed by atoms with Crippen LogP contribution in [0, 0.1) is 11.8 Å². The van der Waals surface area contributed by atoms with Crippen molar-refractivity contribution in [2.45, 2.75) is 26.3 Å². The Morgan fingerprint density at radius 2 is 2.09 bits per heavy atom. The smallest absolute Gasteiger partial charge is 0.306 e. The van der Waals surface area contributed by atoms with E-state index in [1.54, 1.807) is 21.1 Å². The molecule has 2 unspecified atom stereocenters. The maximum Gasteiger partial charge on any atom is 0.306 e. The summed E-state index contributed by atoms with van der Waals surface area (Å²) in [6.45, 7) is 4.63. The van der Waals surface area contributed by atoms with Crippen LogP contribution in [0.2, 0.25) is 0 Å². The molecule has 0 amide bonds. The van der Waals surface area contributed by atoms with Crippen molar-refractivity contribution in [3.63, 3.8) is 0 Å². The number of rotatable bonds is 7. The number of benzene rings is 1. The van der Waals surface area contributed by atoms with Crippen LogP contribution in [0.3, 0.4) is 0 Å². The van der Waals surface area contributed by atoms with Crippen LogP contribution >= 0.6 is 0 Å². The Balaban J connectivity index is 1.91. The molecule has 22 heavy (non-hydrogen) atoms. The minimum Gasteiger partial charge on any atom is -0.493 e. The van der Waals surface area contributed by atoms with Crippen LogP contribution in [0.4, 0.5) is 0 Å². The van der Waals surface area contributed by atoms with Gasteiger partial charge in [-0.3, -0.25) is 9.69 Å². The van der Waals surface area contributed by atoms with Crippen LogP contribution in [0.25, 0.3) is 0 Å². The van der Waals surface area contributed by atoms with Gasteiger partial charge in [-0.25, -0.2) is 0 Å². The molecule has 1 aromatic rings. The van der Waals surface area contributed by atoms with Gasteiger partial charge in [0.1, 0.15) is 0 Å². The average Bonchev–Trinajstić information content (AvgIpc) is 2.94. The van der Waals surface area contributed by atoms with Crippen molar-refractivity contribution in [3.8, 4) is 11.5 Å². The molecular formula is C17H25NO4. The lowest BCUT2D eigenvalue weighted by Crippen LogP contribution is -2.21. The number of carbonyl (C=O) groups is 1. The van der Waals surface area contributed by atoms with Crippen LogP contribution in [-0.4, -0.2) is 43.3 Å². The van der Waals surface area contributed by atoms with Gasteiger partial charge in [-0.1, -0.05) is 13.0 Å². The van der Waals surface area contributed by atoms with Crippen LogP contribution in [0.5, 0.6) is 11.5 Å². The summed E-state index contributed by atoms with van der Waals surface area (Å²) >= 11 is 0. The molecule has 2 rings (SSSR count). The fourth-order valence-corrected chi connectivity index (χ4v) is 3.09. The Bertz CT molecular complexity index is 517. The minimum atomic E-state index is -0.696. The second kappa shape index (κ2) is 7.49. The first-order chi connectivity index (χ1) is 10.5. The molecule has 0 spiro atoms. The van der Waals surface area contributed by atoms with E-state index in [-0.39, 0.29) is 5.92 Å². The van der Waals surface area contributed by atoms with Crippen LogP contribution in [-0.2, 0) is 11.3 Å². The van der Waals surface area contributed by atoms with E-state index in [4.69, 9.17) is 14.6 Å². The van der Waals surface area contributed by atoms with Crippen molar-refractivity contribution in [1.82, 2.24) is 4.90 Å². The molecule has 0 radical (unpaired) electrons. The quantitative estimate of drug-likeness (QED) is 0.839. The van der Waals surface area contributed by atoms with E-state index in [2.05, 4.69) is 11.0 Å². The van der Waals surface area contributed by atoms with Crippen molar-refractivity contribution in [2.24, 2.45) is 11.8 Å². The molecular weight excluding hydrogens is 282 g/mol. The second-order valence-corrected chi connectivity index (χ2v) is 6.05. The number of carboxylic acid groups (broad SMARTS) is 1. The summed E-state index contributed by atoms with van der Waals surface area (Å²) < 4.78 is 10.6. The molecule has 5 nitrogen and oxygen atoms in total. The van der Waals surface area contributed by atoms with Crippen LogP contribution in [0.15, 0.2) is 18.2 Å². The molecule has 5 heteroatoms. The Morgan fingerprint density at radius 3 is 2.73 bits per heavy atom. The van der Waals surface area contributed by atoms with Crippen LogP contribution in [0.1, 0.15) is 25.3 Å². The summed E-state index contributed by atoms with van der Waals surface area (Å²) in [4.78, 5) is 13.3. The van der Waals surface area contributed by atoms with E-state index in [0.29, 0.717) is 5.92 Å².